The van der Waals surface area contributed by atoms with Crippen LogP contribution in [0.25, 0.3) is 0 Å². The van der Waals surface area contributed by atoms with Crippen molar-refractivity contribution >= 4 is 23.7 Å². The average Bonchev–Trinajstić information content (AvgIpc) is 2.72. The van der Waals surface area contributed by atoms with E-state index in [1.165, 1.54) is 0 Å². The number of carboxylic acid groups (broad SMARTS) is 1. The largest absolute Gasteiger partial charge is 0.481 e. The van der Waals surface area contributed by atoms with E-state index in [9.17, 15) is 9.59 Å². The Balaban J connectivity index is 1.72. The van der Waals surface area contributed by atoms with Crippen LogP contribution < -0.4 is 4.74 Å². The van der Waals surface area contributed by atoms with Crippen molar-refractivity contribution in [2.75, 3.05) is 6.61 Å². The molecule has 0 unspecified atom stereocenters. The first-order chi connectivity index (χ1) is 11.1. The van der Waals surface area contributed by atoms with Gasteiger partial charge in [0.25, 0.3) is 0 Å². The summed E-state index contributed by atoms with van der Waals surface area (Å²) in [5.74, 6) is -0.702. The standard InChI is InChI=1S/C17H14O5S/c18-16(19)7-8-21-17(20)11-5-6-14-12(9-11)10-22-13-3-1-2-4-15(13)23-14/h1-6,10H,7-9H2,(H,18,19). The van der Waals surface area contributed by atoms with E-state index in [0.29, 0.717) is 12.0 Å². The minimum Gasteiger partial charge on any atom is -0.481 e. The quantitative estimate of drug-likeness (QED) is 0.854. The molecule has 1 aliphatic heterocycles. The Labute approximate surface area is 137 Å². The number of aliphatic carboxylic acids is 1. The normalized spacial score (nSPS) is 15.7. The molecule has 0 radical (unpaired) electrons. The molecule has 0 bridgehead atoms. The Kier molecular flexibility index (Phi) is 4.52. The van der Waals surface area contributed by atoms with E-state index in [2.05, 4.69) is 0 Å². The first-order valence-electron chi connectivity index (χ1n) is 7.06. The molecule has 0 amide bonds. The maximum absolute atomic E-state index is 12.0. The van der Waals surface area contributed by atoms with E-state index >= 15 is 0 Å². The Morgan fingerprint density at radius 3 is 2.91 bits per heavy atom. The highest BCUT2D eigenvalue weighted by atomic mass is 32.2. The van der Waals surface area contributed by atoms with Crippen LogP contribution in [0.15, 0.2) is 63.6 Å². The predicted octanol–water partition coefficient (Wildman–Crippen LogP) is 3.29. The van der Waals surface area contributed by atoms with Crippen LogP contribution in [0.3, 0.4) is 0 Å². The third-order valence-corrected chi connectivity index (χ3v) is 4.52. The minimum absolute atomic E-state index is 0.127. The lowest BCUT2D eigenvalue weighted by Crippen LogP contribution is -2.13. The van der Waals surface area contributed by atoms with Gasteiger partial charge in [0.2, 0.25) is 0 Å². The summed E-state index contributed by atoms with van der Waals surface area (Å²) in [6, 6.07) is 7.73. The zero-order chi connectivity index (χ0) is 16.2. The first kappa shape index (κ1) is 15.4. The fourth-order valence-electron chi connectivity index (χ4n) is 2.18. The lowest BCUT2D eigenvalue weighted by atomic mass is 10.0. The third kappa shape index (κ3) is 3.65. The molecule has 1 aromatic rings. The molecule has 1 aromatic carbocycles. The average molecular weight is 330 g/mol. The number of rotatable bonds is 4. The number of esters is 1. The van der Waals surface area contributed by atoms with Crippen LogP contribution in [-0.2, 0) is 14.3 Å². The van der Waals surface area contributed by atoms with E-state index in [1.54, 1.807) is 24.1 Å². The summed E-state index contributed by atoms with van der Waals surface area (Å²) in [7, 11) is 0. The van der Waals surface area contributed by atoms with Gasteiger partial charge in [0.1, 0.15) is 12.4 Å². The maximum Gasteiger partial charge on any atom is 0.334 e. The SMILES string of the molecule is O=C(O)CCOC(=O)C1=CC=C2Sc3ccccc3OC=C2C1. The van der Waals surface area contributed by atoms with Gasteiger partial charge in [0.05, 0.1) is 17.6 Å². The van der Waals surface area contributed by atoms with E-state index in [0.717, 1.165) is 21.1 Å². The van der Waals surface area contributed by atoms with Crippen LogP contribution in [0.4, 0.5) is 0 Å². The summed E-state index contributed by atoms with van der Waals surface area (Å²) in [6.07, 6.45) is 5.44. The Hall–Kier alpha value is -2.47. The fourth-order valence-corrected chi connectivity index (χ4v) is 3.17. The predicted molar refractivity (Wildman–Crippen MR) is 85.0 cm³/mol. The van der Waals surface area contributed by atoms with Crippen LogP contribution >= 0.6 is 11.8 Å². The highest BCUT2D eigenvalue weighted by Crippen LogP contribution is 2.43. The summed E-state index contributed by atoms with van der Waals surface area (Å²) in [5.41, 5.74) is 1.39. The molecule has 6 heteroatoms. The molecule has 1 heterocycles. The number of allylic oxidation sites excluding steroid dienone is 3. The number of hydrogen-bond donors (Lipinski definition) is 1. The molecular formula is C17H14O5S. The summed E-state index contributed by atoms with van der Waals surface area (Å²) < 4.78 is 10.7. The number of benzene rings is 1. The van der Waals surface area contributed by atoms with E-state index in [1.807, 2.05) is 30.3 Å². The van der Waals surface area contributed by atoms with Crippen molar-refractivity contribution in [3.05, 3.63) is 58.7 Å². The molecule has 118 valence electrons. The molecule has 5 nitrogen and oxygen atoms in total. The molecule has 0 saturated carbocycles. The third-order valence-electron chi connectivity index (χ3n) is 3.34. The molecule has 1 aliphatic carbocycles. The number of para-hydroxylation sites is 1. The smallest absolute Gasteiger partial charge is 0.334 e. The summed E-state index contributed by atoms with van der Waals surface area (Å²) in [6.45, 7) is -0.127. The van der Waals surface area contributed by atoms with Gasteiger partial charge in [-0.1, -0.05) is 30.0 Å². The van der Waals surface area contributed by atoms with Gasteiger partial charge in [-0.25, -0.2) is 4.79 Å². The Morgan fingerprint density at radius 1 is 1.26 bits per heavy atom. The second-order valence-corrected chi connectivity index (χ2v) is 6.07. The lowest BCUT2D eigenvalue weighted by Gasteiger charge is -2.15. The molecule has 3 rings (SSSR count). The van der Waals surface area contributed by atoms with Gasteiger partial charge >= 0.3 is 11.9 Å². The minimum atomic E-state index is -0.994. The number of carbonyl (C=O) groups is 2. The van der Waals surface area contributed by atoms with Crippen molar-refractivity contribution in [1.29, 1.82) is 0 Å². The Bertz CT molecular complexity index is 745. The van der Waals surface area contributed by atoms with Crippen molar-refractivity contribution in [1.82, 2.24) is 0 Å². The highest BCUT2D eigenvalue weighted by Gasteiger charge is 2.22. The van der Waals surface area contributed by atoms with Gasteiger partial charge in [-0.05, 0) is 18.2 Å². The molecule has 0 fully saturated rings. The van der Waals surface area contributed by atoms with Crippen molar-refractivity contribution in [2.45, 2.75) is 17.7 Å². The highest BCUT2D eigenvalue weighted by molar-refractivity contribution is 8.03. The summed E-state index contributed by atoms with van der Waals surface area (Å²) in [4.78, 5) is 24.5. The maximum atomic E-state index is 12.0. The molecule has 0 aromatic heterocycles. The van der Waals surface area contributed by atoms with Gasteiger partial charge in [-0.15, -0.1) is 0 Å². The first-order valence-corrected chi connectivity index (χ1v) is 7.88. The molecular weight excluding hydrogens is 316 g/mol. The molecule has 0 saturated heterocycles. The van der Waals surface area contributed by atoms with Gasteiger partial charge in [-0.3, -0.25) is 4.79 Å². The van der Waals surface area contributed by atoms with Gasteiger partial charge in [-0.2, -0.15) is 0 Å². The second kappa shape index (κ2) is 6.75. The molecule has 23 heavy (non-hydrogen) atoms. The topological polar surface area (TPSA) is 72.8 Å². The number of carbonyl (C=O) groups excluding carboxylic acids is 1. The van der Waals surface area contributed by atoms with Crippen LogP contribution in [0.2, 0.25) is 0 Å². The monoisotopic (exact) mass is 330 g/mol. The van der Waals surface area contributed by atoms with E-state index in [4.69, 9.17) is 14.6 Å². The van der Waals surface area contributed by atoms with E-state index in [-0.39, 0.29) is 13.0 Å². The summed E-state index contributed by atoms with van der Waals surface area (Å²) >= 11 is 1.59. The number of thioether (sulfide) groups is 1. The number of carboxylic acids is 1. The van der Waals surface area contributed by atoms with Gasteiger partial charge in [0, 0.05) is 22.5 Å². The number of hydrogen-bond acceptors (Lipinski definition) is 5. The van der Waals surface area contributed by atoms with Crippen LogP contribution in [0.5, 0.6) is 5.75 Å². The number of ether oxygens (including phenoxy) is 2. The van der Waals surface area contributed by atoms with Crippen LogP contribution in [0.1, 0.15) is 12.8 Å². The molecule has 0 spiro atoms. The molecule has 2 aliphatic rings. The number of fused-ring (bicyclic) bond motifs is 2. The zero-order valence-electron chi connectivity index (χ0n) is 12.2. The van der Waals surface area contributed by atoms with Crippen molar-refractivity contribution in [2.24, 2.45) is 0 Å². The Morgan fingerprint density at radius 2 is 2.09 bits per heavy atom. The van der Waals surface area contributed by atoms with Crippen molar-refractivity contribution in [3.63, 3.8) is 0 Å². The van der Waals surface area contributed by atoms with Crippen molar-refractivity contribution < 1.29 is 24.2 Å². The molecule has 1 N–H and O–H groups in total. The fraction of sp³-hybridized carbons (Fsp3) is 0.176. The van der Waals surface area contributed by atoms with E-state index < -0.39 is 11.9 Å². The molecule has 0 atom stereocenters. The van der Waals surface area contributed by atoms with Crippen LogP contribution in [-0.4, -0.2) is 23.7 Å². The van der Waals surface area contributed by atoms with Gasteiger partial charge < -0.3 is 14.6 Å². The summed E-state index contributed by atoms with van der Waals surface area (Å²) in [5, 5.41) is 8.56. The lowest BCUT2D eigenvalue weighted by molar-refractivity contribution is -0.143. The van der Waals surface area contributed by atoms with Crippen molar-refractivity contribution in [3.8, 4) is 5.75 Å². The van der Waals surface area contributed by atoms with Crippen LogP contribution in [0, 0.1) is 0 Å². The second-order valence-electron chi connectivity index (χ2n) is 4.99. The zero-order valence-corrected chi connectivity index (χ0v) is 13.0. The van der Waals surface area contributed by atoms with Gasteiger partial charge in [0.15, 0.2) is 0 Å².